The molecule has 0 aromatic heterocycles. The number of rotatable bonds is 11. The van der Waals surface area contributed by atoms with Gasteiger partial charge in [0.25, 0.3) is 0 Å². The average molecular weight is 397 g/mol. The first kappa shape index (κ1) is 22.3. The fourth-order valence-corrected chi connectivity index (χ4v) is 3.72. The molecule has 2 N–H and O–H groups in total. The van der Waals surface area contributed by atoms with E-state index in [4.69, 9.17) is 9.47 Å². The Morgan fingerprint density at radius 3 is 2.63 bits per heavy atom. The van der Waals surface area contributed by atoms with Crippen LogP contribution in [0.2, 0.25) is 0 Å². The third-order valence-corrected chi connectivity index (χ3v) is 5.53. The van der Waals surface area contributed by atoms with Crippen LogP contribution in [0, 0.1) is 0 Å². The van der Waals surface area contributed by atoms with E-state index in [0.717, 1.165) is 49.0 Å². The van der Waals surface area contributed by atoms with Gasteiger partial charge in [-0.2, -0.15) is 11.8 Å². The Labute approximate surface area is 168 Å². The van der Waals surface area contributed by atoms with Gasteiger partial charge in [-0.3, -0.25) is 0 Å². The van der Waals surface area contributed by atoms with Crippen LogP contribution in [0.25, 0.3) is 0 Å². The average Bonchev–Trinajstić information content (AvgIpc) is 2.66. The number of aliphatic hydroxyl groups is 1. The number of nitrogens with one attached hydrogen (secondary N) is 1. The Kier molecular flexibility index (Phi) is 11.0. The molecule has 0 spiro atoms. The first-order chi connectivity index (χ1) is 13.2. The van der Waals surface area contributed by atoms with Crippen molar-refractivity contribution >= 4 is 11.8 Å². The van der Waals surface area contributed by atoms with E-state index in [1.54, 1.807) is 7.11 Å². The van der Waals surface area contributed by atoms with Crippen molar-refractivity contribution in [1.29, 1.82) is 0 Å². The molecule has 27 heavy (non-hydrogen) atoms. The van der Waals surface area contributed by atoms with Gasteiger partial charge in [-0.1, -0.05) is 25.3 Å². The molecule has 0 amide bonds. The molecule has 2 rings (SSSR count). The van der Waals surface area contributed by atoms with Gasteiger partial charge in [-0.15, -0.1) is 0 Å². The van der Waals surface area contributed by atoms with Crippen molar-refractivity contribution in [2.45, 2.75) is 44.8 Å². The summed E-state index contributed by atoms with van der Waals surface area (Å²) < 4.78 is 11.3. The quantitative estimate of drug-likeness (QED) is 0.561. The minimum atomic E-state index is -0.479. The lowest BCUT2D eigenvalue weighted by Gasteiger charge is -2.27. The van der Waals surface area contributed by atoms with Crippen molar-refractivity contribution in [3.05, 3.63) is 23.8 Å². The lowest BCUT2D eigenvalue weighted by molar-refractivity contribution is 0.0650. The number of ether oxygens (including phenoxy) is 2. The second-order valence-corrected chi connectivity index (χ2v) is 8.16. The number of β-amino-alcohol motifs (C(OH)–C–C–N with tert-alkyl or cyclic N) is 1. The second-order valence-electron chi connectivity index (χ2n) is 7.18. The molecule has 1 heterocycles. The zero-order chi connectivity index (χ0) is 19.3. The maximum absolute atomic E-state index is 10.5. The lowest BCUT2D eigenvalue weighted by Crippen LogP contribution is -2.37. The molecule has 1 aliphatic heterocycles. The van der Waals surface area contributed by atoms with Gasteiger partial charge in [0.1, 0.15) is 24.2 Å². The van der Waals surface area contributed by atoms with E-state index in [9.17, 15) is 5.11 Å². The Hall–Kier alpha value is -0.950. The topological polar surface area (TPSA) is 54.0 Å². The van der Waals surface area contributed by atoms with Crippen LogP contribution < -0.4 is 14.8 Å². The number of likely N-dealkylation sites (tertiary alicyclic amines) is 1. The van der Waals surface area contributed by atoms with Crippen LogP contribution in [-0.2, 0) is 6.54 Å². The van der Waals surface area contributed by atoms with E-state index in [0.29, 0.717) is 13.2 Å². The maximum Gasteiger partial charge on any atom is 0.127 e. The van der Waals surface area contributed by atoms with Gasteiger partial charge in [-0.25, -0.2) is 0 Å². The fourth-order valence-electron chi connectivity index (χ4n) is 3.37. The van der Waals surface area contributed by atoms with E-state index < -0.39 is 6.10 Å². The number of hydrogen-bond donors (Lipinski definition) is 2. The minimum absolute atomic E-state index is 0.307. The third kappa shape index (κ3) is 8.73. The number of methoxy groups -OCH3 is 1. The molecule has 0 saturated carbocycles. The van der Waals surface area contributed by atoms with Crippen molar-refractivity contribution in [2.24, 2.45) is 0 Å². The van der Waals surface area contributed by atoms with Crippen molar-refractivity contribution in [3.8, 4) is 11.5 Å². The highest BCUT2D eigenvalue weighted by Gasteiger charge is 2.15. The molecule has 0 unspecified atom stereocenters. The number of nitrogens with zero attached hydrogens (tertiary/aromatic N) is 1. The number of benzene rings is 1. The molecular weight excluding hydrogens is 360 g/mol. The lowest BCUT2D eigenvalue weighted by atomic mass is 10.1. The van der Waals surface area contributed by atoms with E-state index in [2.05, 4.69) is 16.5 Å². The summed E-state index contributed by atoms with van der Waals surface area (Å²) in [6.07, 6.45) is 8.05. The molecule has 1 fully saturated rings. The first-order valence-corrected chi connectivity index (χ1v) is 11.5. The standard InChI is InChI=1S/C21H36N2O3S/c1-25-20-9-8-18(15-22-10-13-27-2)21(14-20)26-17-19(24)16-23-11-6-4-3-5-7-12-23/h8-9,14,19,22,24H,3-7,10-13,15-17H2,1-2H3/t19-/m0/s1. The highest BCUT2D eigenvalue weighted by Crippen LogP contribution is 2.25. The summed E-state index contributed by atoms with van der Waals surface area (Å²) >= 11 is 1.83. The zero-order valence-corrected chi connectivity index (χ0v) is 17.7. The van der Waals surface area contributed by atoms with Crippen LogP contribution in [0.3, 0.4) is 0 Å². The normalized spacial score (nSPS) is 17.1. The molecule has 6 heteroatoms. The van der Waals surface area contributed by atoms with Crippen molar-refractivity contribution in [2.75, 3.05) is 51.9 Å². The monoisotopic (exact) mass is 396 g/mol. The number of hydrogen-bond acceptors (Lipinski definition) is 6. The van der Waals surface area contributed by atoms with Crippen molar-refractivity contribution in [3.63, 3.8) is 0 Å². The predicted octanol–water partition coefficient (Wildman–Crippen LogP) is 3.15. The summed E-state index contributed by atoms with van der Waals surface area (Å²) in [5.74, 6) is 2.65. The Morgan fingerprint density at radius 2 is 1.93 bits per heavy atom. The summed E-state index contributed by atoms with van der Waals surface area (Å²) in [6.45, 7) is 4.88. The SMILES string of the molecule is COc1ccc(CNCCSC)c(OC[C@@H](O)CN2CCCCCCC2)c1. The van der Waals surface area contributed by atoms with Crippen LogP contribution in [0.4, 0.5) is 0 Å². The molecule has 1 atom stereocenters. The first-order valence-electron chi connectivity index (χ1n) is 10.1. The zero-order valence-electron chi connectivity index (χ0n) is 16.9. The van der Waals surface area contributed by atoms with Crippen LogP contribution in [0.5, 0.6) is 11.5 Å². The molecule has 5 nitrogen and oxygen atoms in total. The highest BCUT2D eigenvalue weighted by molar-refractivity contribution is 7.98. The summed E-state index contributed by atoms with van der Waals surface area (Å²) in [4.78, 5) is 2.38. The van der Waals surface area contributed by atoms with E-state index in [-0.39, 0.29) is 0 Å². The summed E-state index contributed by atoms with van der Waals surface area (Å²) in [5, 5.41) is 13.9. The molecule has 1 aromatic rings. The van der Waals surface area contributed by atoms with Crippen LogP contribution in [0.1, 0.15) is 37.7 Å². The molecule has 1 aromatic carbocycles. The molecule has 0 bridgehead atoms. The van der Waals surface area contributed by atoms with Gasteiger partial charge >= 0.3 is 0 Å². The maximum atomic E-state index is 10.5. The predicted molar refractivity (Wildman–Crippen MR) is 114 cm³/mol. The largest absolute Gasteiger partial charge is 0.497 e. The third-order valence-electron chi connectivity index (χ3n) is 4.92. The van der Waals surface area contributed by atoms with Gasteiger partial charge in [0.05, 0.1) is 7.11 Å². The Balaban J connectivity index is 1.85. The van der Waals surface area contributed by atoms with Gasteiger partial charge < -0.3 is 24.8 Å². The number of aliphatic hydroxyl groups excluding tert-OH is 1. The van der Waals surface area contributed by atoms with E-state index in [1.807, 2.05) is 30.0 Å². The highest BCUT2D eigenvalue weighted by atomic mass is 32.2. The molecule has 1 aliphatic rings. The molecule has 0 aliphatic carbocycles. The second kappa shape index (κ2) is 13.3. The van der Waals surface area contributed by atoms with Crippen LogP contribution >= 0.6 is 11.8 Å². The van der Waals surface area contributed by atoms with E-state index in [1.165, 1.54) is 32.1 Å². The summed E-state index contributed by atoms with van der Waals surface area (Å²) in [5.41, 5.74) is 1.09. The molecule has 0 radical (unpaired) electrons. The Bertz CT molecular complexity index is 522. The van der Waals surface area contributed by atoms with Gasteiger partial charge in [0, 0.05) is 37.0 Å². The van der Waals surface area contributed by atoms with Crippen molar-refractivity contribution in [1.82, 2.24) is 10.2 Å². The molecule has 1 saturated heterocycles. The van der Waals surface area contributed by atoms with Crippen LogP contribution in [-0.4, -0.2) is 68.0 Å². The smallest absolute Gasteiger partial charge is 0.127 e. The minimum Gasteiger partial charge on any atom is -0.497 e. The summed E-state index contributed by atoms with van der Waals surface area (Å²) in [7, 11) is 1.66. The van der Waals surface area contributed by atoms with Crippen molar-refractivity contribution < 1.29 is 14.6 Å². The van der Waals surface area contributed by atoms with Gasteiger partial charge in [-0.05, 0) is 38.3 Å². The fraction of sp³-hybridized carbons (Fsp3) is 0.714. The summed E-state index contributed by atoms with van der Waals surface area (Å²) in [6, 6.07) is 5.90. The molecular formula is C21H36N2O3S. The van der Waals surface area contributed by atoms with Gasteiger partial charge in [0.15, 0.2) is 0 Å². The van der Waals surface area contributed by atoms with E-state index >= 15 is 0 Å². The molecule has 154 valence electrons. The Morgan fingerprint density at radius 1 is 1.19 bits per heavy atom. The van der Waals surface area contributed by atoms with Crippen LogP contribution in [0.15, 0.2) is 18.2 Å². The van der Waals surface area contributed by atoms with Gasteiger partial charge in [0.2, 0.25) is 0 Å². The number of thioether (sulfide) groups is 1.